The topological polar surface area (TPSA) is 102 Å². The summed E-state index contributed by atoms with van der Waals surface area (Å²) in [5, 5.41) is 5.98. The van der Waals surface area contributed by atoms with Crippen molar-refractivity contribution in [3.63, 3.8) is 0 Å². The monoisotopic (exact) mass is 457 g/mol. The zero-order valence-corrected chi connectivity index (χ0v) is 17.8. The fraction of sp³-hybridized carbons (Fsp3) is 0.273. The number of carbonyl (C=O) groups is 1. The van der Waals surface area contributed by atoms with Gasteiger partial charge < -0.3 is 14.4 Å². The van der Waals surface area contributed by atoms with Crippen LogP contribution in [0.5, 0.6) is 11.5 Å². The molecule has 2 aliphatic heterocycles. The van der Waals surface area contributed by atoms with E-state index in [9.17, 15) is 17.6 Å². The van der Waals surface area contributed by atoms with E-state index in [4.69, 9.17) is 9.47 Å². The van der Waals surface area contributed by atoms with Crippen LogP contribution in [0.3, 0.4) is 0 Å². The molecule has 1 amide bonds. The van der Waals surface area contributed by atoms with Crippen LogP contribution in [0.25, 0.3) is 11.3 Å². The van der Waals surface area contributed by atoms with E-state index in [0.29, 0.717) is 17.2 Å². The van der Waals surface area contributed by atoms with E-state index in [0.717, 1.165) is 5.56 Å². The Labute approximate surface area is 183 Å². The number of benzene rings is 2. The molecule has 3 heterocycles. The van der Waals surface area contributed by atoms with Crippen LogP contribution in [0.15, 0.2) is 48.5 Å². The second-order valence-corrected chi connectivity index (χ2v) is 10.00. The number of sulfone groups is 1. The summed E-state index contributed by atoms with van der Waals surface area (Å²) >= 11 is 0. The Bertz CT molecular complexity index is 1290. The van der Waals surface area contributed by atoms with Crippen molar-refractivity contribution in [1.29, 1.82) is 0 Å². The molecular weight excluding hydrogens is 437 g/mol. The Morgan fingerprint density at radius 1 is 1.09 bits per heavy atom. The zero-order valence-electron chi connectivity index (χ0n) is 17.0. The van der Waals surface area contributed by atoms with Crippen molar-refractivity contribution in [2.24, 2.45) is 0 Å². The van der Waals surface area contributed by atoms with Gasteiger partial charge in [-0.05, 0) is 36.8 Å². The van der Waals surface area contributed by atoms with Crippen LogP contribution >= 0.6 is 0 Å². The maximum Gasteiger partial charge on any atom is 0.271 e. The molecule has 0 aliphatic carbocycles. The van der Waals surface area contributed by atoms with Crippen molar-refractivity contribution in [3.8, 4) is 22.8 Å². The Morgan fingerprint density at radius 3 is 2.75 bits per heavy atom. The van der Waals surface area contributed by atoms with Crippen molar-refractivity contribution in [1.82, 2.24) is 15.1 Å². The number of nitrogens with zero attached hydrogens (tertiary/aromatic N) is 2. The molecule has 1 unspecified atom stereocenters. The summed E-state index contributed by atoms with van der Waals surface area (Å²) in [4.78, 5) is 14.5. The first kappa shape index (κ1) is 20.5. The fourth-order valence-corrected chi connectivity index (χ4v) is 5.84. The number of hydrogen-bond donors (Lipinski definition) is 1. The number of nitrogens with one attached hydrogen (secondary N) is 1. The third-order valence-corrected chi connectivity index (χ3v) is 7.86. The molecule has 32 heavy (non-hydrogen) atoms. The molecule has 0 saturated carbocycles. The van der Waals surface area contributed by atoms with Crippen molar-refractivity contribution in [3.05, 3.63) is 65.6 Å². The van der Waals surface area contributed by atoms with Gasteiger partial charge in [-0.1, -0.05) is 18.2 Å². The molecule has 1 fully saturated rings. The van der Waals surface area contributed by atoms with Gasteiger partial charge in [0.05, 0.1) is 16.7 Å². The molecule has 2 aliphatic rings. The molecule has 1 saturated heterocycles. The highest BCUT2D eigenvalue weighted by atomic mass is 32.2. The number of hydrogen-bond acceptors (Lipinski definition) is 6. The van der Waals surface area contributed by atoms with Crippen LogP contribution in [0.1, 0.15) is 27.7 Å². The maximum absolute atomic E-state index is 14.2. The first-order chi connectivity index (χ1) is 15.4. The summed E-state index contributed by atoms with van der Waals surface area (Å²) in [5.41, 5.74) is 1.70. The molecule has 166 valence electrons. The molecule has 0 bridgehead atoms. The molecule has 5 rings (SSSR count). The van der Waals surface area contributed by atoms with E-state index >= 15 is 0 Å². The molecule has 2 aromatic carbocycles. The summed E-state index contributed by atoms with van der Waals surface area (Å²) in [6, 6.07) is 12.9. The number of carbonyl (C=O) groups excluding carboxylic acids is 1. The van der Waals surface area contributed by atoms with E-state index in [2.05, 4.69) is 10.2 Å². The molecule has 10 heteroatoms. The normalized spacial score (nSPS) is 19.5. The molecule has 0 spiro atoms. The van der Waals surface area contributed by atoms with Crippen LogP contribution in [0.2, 0.25) is 0 Å². The van der Waals surface area contributed by atoms with Crippen LogP contribution in [-0.2, 0) is 9.84 Å². The van der Waals surface area contributed by atoms with Gasteiger partial charge in [-0.25, -0.2) is 12.8 Å². The first-order valence-corrected chi connectivity index (χ1v) is 11.8. The van der Waals surface area contributed by atoms with Crippen molar-refractivity contribution in [2.45, 2.75) is 11.7 Å². The summed E-state index contributed by atoms with van der Waals surface area (Å²) in [5.74, 6) is 0.115. The average molecular weight is 457 g/mol. The molecule has 1 N–H and O–H groups in total. The average Bonchev–Trinajstić information content (AvgIpc) is 3.42. The minimum Gasteiger partial charge on any atom is -0.454 e. The number of aromatic nitrogens is 2. The van der Waals surface area contributed by atoms with Gasteiger partial charge in [-0.3, -0.25) is 9.89 Å². The number of amides is 1. The van der Waals surface area contributed by atoms with E-state index in [1.54, 1.807) is 24.3 Å². The predicted molar refractivity (Wildman–Crippen MR) is 114 cm³/mol. The Hall–Kier alpha value is -3.40. The summed E-state index contributed by atoms with van der Waals surface area (Å²) < 4.78 is 50.5. The molecular formula is C22H20FN3O5S. The Morgan fingerprint density at radius 2 is 1.91 bits per heavy atom. The van der Waals surface area contributed by atoms with Crippen LogP contribution < -0.4 is 9.47 Å². The predicted octanol–water partition coefficient (Wildman–Crippen LogP) is 2.95. The number of H-pyrrole nitrogens is 1. The van der Waals surface area contributed by atoms with E-state index in [-0.39, 0.29) is 49.2 Å². The highest BCUT2D eigenvalue weighted by Gasteiger charge is 2.34. The van der Waals surface area contributed by atoms with Crippen LogP contribution in [-0.4, -0.2) is 55.1 Å². The maximum atomic E-state index is 14.2. The van der Waals surface area contributed by atoms with Gasteiger partial charge in [0.1, 0.15) is 11.5 Å². The molecule has 3 aromatic rings. The number of ether oxygens (including phenoxy) is 2. The van der Waals surface area contributed by atoms with Crippen LogP contribution in [0, 0.1) is 5.82 Å². The second-order valence-electron chi connectivity index (χ2n) is 7.69. The van der Waals surface area contributed by atoms with Gasteiger partial charge in [0, 0.05) is 24.2 Å². The molecule has 1 atom stereocenters. The lowest BCUT2D eigenvalue weighted by Gasteiger charge is -2.19. The number of rotatable bonds is 3. The smallest absolute Gasteiger partial charge is 0.271 e. The number of fused-ring (bicyclic) bond motifs is 1. The summed E-state index contributed by atoms with van der Waals surface area (Å²) in [6.07, 6.45) is 0.123. The lowest BCUT2D eigenvalue weighted by atomic mass is 10.1. The van der Waals surface area contributed by atoms with Crippen LogP contribution in [0.4, 0.5) is 4.39 Å². The van der Waals surface area contributed by atoms with Crippen molar-refractivity contribution >= 4 is 15.7 Å². The second kappa shape index (κ2) is 7.94. The third kappa shape index (κ3) is 3.70. The Balaban J connectivity index is 1.35. The van der Waals surface area contributed by atoms with Gasteiger partial charge >= 0.3 is 0 Å². The van der Waals surface area contributed by atoms with Gasteiger partial charge in [-0.2, -0.15) is 5.10 Å². The highest BCUT2D eigenvalue weighted by molar-refractivity contribution is 7.91. The van der Waals surface area contributed by atoms with Gasteiger partial charge in [-0.15, -0.1) is 0 Å². The summed E-state index contributed by atoms with van der Waals surface area (Å²) in [7, 11) is -3.61. The lowest BCUT2D eigenvalue weighted by Crippen LogP contribution is -2.33. The van der Waals surface area contributed by atoms with Gasteiger partial charge in [0.15, 0.2) is 21.3 Å². The minimum absolute atomic E-state index is 0.0322. The van der Waals surface area contributed by atoms with E-state index in [1.807, 2.05) is 6.07 Å². The van der Waals surface area contributed by atoms with Gasteiger partial charge in [0.2, 0.25) is 6.79 Å². The number of aromatic amines is 1. The van der Waals surface area contributed by atoms with E-state index in [1.165, 1.54) is 23.1 Å². The van der Waals surface area contributed by atoms with Crippen molar-refractivity contribution in [2.75, 3.05) is 25.6 Å². The fourth-order valence-electron chi connectivity index (χ4n) is 4.04. The molecule has 8 nitrogen and oxygen atoms in total. The zero-order chi connectivity index (χ0) is 22.3. The Kier molecular flexibility index (Phi) is 5.09. The first-order valence-electron chi connectivity index (χ1n) is 10.1. The SMILES string of the molecule is O=C(c1cc(-c2ccc3c(c2)OCO3)n[nH]1)N1CCC(c2ccccc2F)S(=O)(=O)CC1. The summed E-state index contributed by atoms with van der Waals surface area (Å²) in [6.45, 7) is 0.384. The number of halogens is 1. The molecule has 0 radical (unpaired) electrons. The standard InChI is InChI=1S/C22H20FN3O5S/c23-16-4-2-1-3-15(16)21-7-8-26(9-10-32(21,28)29)22(27)18-12-17(24-25-18)14-5-6-19-20(11-14)31-13-30-19/h1-6,11-12,21H,7-10,13H2,(H,24,25). The van der Waals surface area contributed by atoms with Gasteiger partial charge in [0.25, 0.3) is 5.91 Å². The third-order valence-electron chi connectivity index (χ3n) is 5.76. The van der Waals surface area contributed by atoms with Crippen molar-refractivity contribution < 1.29 is 27.1 Å². The molecule has 1 aromatic heterocycles. The lowest BCUT2D eigenvalue weighted by molar-refractivity contribution is 0.0760. The van der Waals surface area contributed by atoms with E-state index < -0.39 is 20.9 Å². The minimum atomic E-state index is -3.61. The quantitative estimate of drug-likeness (QED) is 0.649. The largest absolute Gasteiger partial charge is 0.454 e. The highest BCUT2D eigenvalue weighted by Crippen LogP contribution is 2.36.